The maximum Gasteiger partial charge on any atom is 0.329 e. The van der Waals surface area contributed by atoms with E-state index in [1.807, 2.05) is 17.4 Å². The number of hydrogen-bond donors (Lipinski definition) is 3. The van der Waals surface area contributed by atoms with Crippen LogP contribution in [-0.2, 0) is 19.7 Å². The van der Waals surface area contributed by atoms with Gasteiger partial charge in [0.1, 0.15) is 6.04 Å². The second-order valence-electron chi connectivity index (χ2n) is 7.76. The minimum absolute atomic E-state index is 0.0332. The summed E-state index contributed by atoms with van der Waals surface area (Å²) in [6.45, 7) is 9.11. The first-order valence-electron chi connectivity index (χ1n) is 9.05. The van der Waals surface area contributed by atoms with Crippen LogP contribution in [0.4, 0.5) is 4.79 Å². The second kappa shape index (κ2) is 9.87. The lowest BCUT2D eigenvalue weighted by Crippen LogP contribution is -2.46. The van der Waals surface area contributed by atoms with Gasteiger partial charge in [0.25, 0.3) is 11.8 Å². The standard InChI is InChI=1S/C20H29N3O5/c1-12(2)16(18(26)28-11-15(24)22-19(27)21-6)23-17(25)13-7-9-14(10-8-13)20(3,4)5/h7-10,12,16H,11H2,1-6H3,(H,23,25)(H2,21,22,24,27). The summed E-state index contributed by atoms with van der Waals surface area (Å²) in [5.41, 5.74) is 1.48. The molecular formula is C20H29N3O5. The van der Waals surface area contributed by atoms with Gasteiger partial charge in [-0.25, -0.2) is 9.59 Å². The number of ether oxygens (including phenoxy) is 1. The van der Waals surface area contributed by atoms with Gasteiger partial charge < -0.3 is 15.4 Å². The van der Waals surface area contributed by atoms with E-state index in [-0.39, 0.29) is 11.3 Å². The molecule has 0 radical (unpaired) electrons. The Bertz CT molecular complexity index is 720. The first kappa shape index (κ1) is 23.1. The van der Waals surface area contributed by atoms with Crippen LogP contribution in [0.1, 0.15) is 50.5 Å². The number of benzene rings is 1. The van der Waals surface area contributed by atoms with E-state index in [0.717, 1.165) is 5.56 Å². The summed E-state index contributed by atoms with van der Waals surface area (Å²) >= 11 is 0. The average molecular weight is 391 g/mol. The van der Waals surface area contributed by atoms with Crippen LogP contribution in [0.2, 0.25) is 0 Å². The quantitative estimate of drug-likeness (QED) is 0.639. The smallest absolute Gasteiger partial charge is 0.329 e. The Morgan fingerprint density at radius 2 is 1.61 bits per heavy atom. The van der Waals surface area contributed by atoms with E-state index in [9.17, 15) is 19.2 Å². The highest BCUT2D eigenvalue weighted by Gasteiger charge is 2.27. The Hall–Kier alpha value is -2.90. The summed E-state index contributed by atoms with van der Waals surface area (Å²) in [5, 5.41) is 6.84. The zero-order chi connectivity index (χ0) is 21.5. The first-order valence-corrected chi connectivity index (χ1v) is 9.05. The molecule has 1 aromatic carbocycles. The Kier molecular flexibility index (Phi) is 8.16. The predicted octanol–water partition coefficient (Wildman–Crippen LogP) is 1.74. The van der Waals surface area contributed by atoms with Crippen molar-refractivity contribution in [1.82, 2.24) is 16.0 Å². The molecule has 0 fully saturated rings. The fraction of sp³-hybridized carbons (Fsp3) is 0.500. The summed E-state index contributed by atoms with van der Waals surface area (Å²) < 4.78 is 4.93. The van der Waals surface area contributed by atoms with Crippen LogP contribution in [0, 0.1) is 5.92 Å². The molecule has 1 rings (SSSR count). The highest BCUT2D eigenvalue weighted by molar-refractivity contribution is 5.98. The van der Waals surface area contributed by atoms with Gasteiger partial charge in [-0.1, -0.05) is 46.8 Å². The Labute approximate surface area is 165 Å². The van der Waals surface area contributed by atoms with E-state index in [1.165, 1.54) is 7.05 Å². The lowest BCUT2D eigenvalue weighted by atomic mass is 9.86. The van der Waals surface area contributed by atoms with E-state index in [4.69, 9.17) is 4.74 Å². The molecule has 4 amide bonds. The minimum Gasteiger partial charge on any atom is -0.454 e. The van der Waals surface area contributed by atoms with E-state index in [1.54, 1.807) is 26.0 Å². The topological polar surface area (TPSA) is 114 Å². The number of nitrogens with one attached hydrogen (secondary N) is 3. The van der Waals surface area contributed by atoms with Crippen molar-refractivity contribution in [3.05, 3.63) is 35.4 Å². The van der Waals surface area contributed by atoms with Gasteiger partial charge in [0.05, 0.1) is 0 Å². The van der Waals surface area contributed by atoms with E-state index in [0.29, 0.717) is 5.56 Å². The molecule has 0 saturated carbocycles. The van der Waals surface area contributed by atoms with Gasteiger partial charge in [-0.3, -0.25) is 14.9 Å². The number of carbonyl (C=O) groups is 4. The molecule has 0 bridgehead atoms. The molecule has 1 aromatic rings. The van der Waals surface area contributed by atoms with Crippen molar-refractivity contribution >= 4 is 23.8 Å². The molecule has 0 saturated heterocycles. The molecule has 8 nitrogen and oxygen atoms in total. The molecule has 8 heteroatoms. The summed E-state index contributed by atoms with van der Waals surface area (Å²) in [4.78, 5) is 47.4. The molecular weight excluding hydrogens is 362 g/mol. The molecule has 0 heterocycles. The molecule has 28 heavy (non-hydrogen) atoms. The lowest BCUT2D eigenvalue weighted by molar-refractivity contribution is -0.151. The first-order chi connectivity index (χ1) is 13.0. The molecule has 1 unspecified atom stereocenters. The molecule has 0 spiro atoms. The Morgan fingerprint density at radius 3 is 2.07 bits per heavy atom. The third kappa shape index (κ3) is 7.02. The van der Waals surface area contributed by atoms with Gasteiger partial charge in [0.15, 0.2) is 6.61 Å². The molecule has 3 N–H and O–H groups in total. The maximum absolute atomic E-state index is 12.5. The van der Waals surface area contributed by atoms with Crippen LogP contribution in [0.25, 0.3) is 0 Å². The minimum atomic E-state index is -0.928. The summed E-state index contributed by atoms with van der Waals surface area (Å²) in [6, 6.07) is 5.53. The number of urea groups is 1. The van der Waals surface area contributed by atoms with Crippen LogP contribution in [0.15, 0.2) is 24.3 Å². The lowest BCUT2D eigenvalue weighted by Gasteiger charge is -2.21. The van der Waals surface area contributed by atoms with Crippen molar-refractivity contribution in [1.29, 1.82) is 0 Å². The fourth-order valence-electron chi connectivity index (χ4n) is 2.30. The highest BCUT2D eigenvalue weighted by atomic mass is 16.5. The van der Waals surface area contributed by atoms with E-state index in [2.05, 4.69) is 31.4 Å². The van der Waals surface area contributed by atoms with Crippen LogP contribution in [0.5, 0.6) is 0 Å². The van der Waals surface area contributed by atoms with Crippen molar-refractivity contribution < 1.29 is 23.9 Å². The molecule has 0 aliphatic rings. The van der Waals surface area contributed by atoms with Gasteiger partial charge in [-0.15, -0.1) is 0 Å². The fourth-order valence-corrected chi connectivity index (χ4v) is 2.30. The van der Waals surface area contributed by atoms with Gasteiger partial charge in [-0.05, 0) is 29.0 Å². The van der Waals surface area contributed by atoms with Crippen LogP contribution in [0.3, 0.4) is 0 Å². The summed E-state index contributed by atoms with van der Waals surface area (Å²) in [7, 11) is 1.35. The SMILES string of the molecule is CNC(=O)NC(=O)COC(=O)C(NC(=O)c1ccc(C(C)(C)C)cc1)C(C)C. The van der Waals surface area contributed by atoms with Gasteiger partial charge in [-0.2, -0.15) is 0 Å². The summed E-state index contributed by atoms with van der Waals surface area (Å²) in [5.74, 6) is -2.18. The predicted molar refractivity (Wildman–Crippen MR) is 105 cm³/mol. The molecule has 1 atom stereocenters. The van der Waals surface area contributed by atoms with E-state index < -0.39 is 36.5 Å². The third-order valence-corrected chi connectivity index (χ3v) is 4.05. The van der Waals surface area contributed by atoms with Crippen molar-refractivity contribution in [2.24, 2.45) is 5.92 Å². The zero-order valence-electron chi connectivity index (χ0n) is 17.2. The third-order valence-electron chi connectivity index (χ3n) is 4.05. The van der Waals surface area contributed by atoms with Gasteiger partial charge in [0.2, 0.25) is 0 Å². The number of amides is 4. The number of imide groups is 1. The molecule has 0 aromatic heterocycles. The Balaban J connectivity index is 2.73. The molecule has 154 valence electrons. The maximum atomic E-state index is 12.5. The largest absolute Gasteiger partial charge is 0.454 e. The van der Waals surface area contributed by atoms with Crippen LogP contribution >= 0.6 is 0 Å². The summed E-state index contributed by atoms with van der Waals surface area (Å²) in [6.07, 6.45) is 0. The number of hydrogen-bond acceptors (Lipinski definition) is 5. The monoisotopic (exact) mass is 391 g/mol. The van der Waals surface area contributed by atoms with Crippen LogP contribution < -0.4 is 16.0 Å². The van der Waals surface area contributed by atoms with Gasteiger partial charge in [0, 0.05) is 12.6 Å². The Morgan fingerprint density at radius 1 is 1.04 bits per heavy atom. The molecule has 0 aliphatic carbocycles. The van der Waals surface area contributed by atoms with Crippen molar-refractivity contribution in [2.45, 2.75) is 46.1 Å². The zero-order valence-corrected chi connectivity index (χ0v) is 17.2. The highest BCUT2D eigenvalue weighted by Crippen LogP contribution is 2.22. The van der Waals surface area contributed by atoms with Crippen molar-refractivity contribution in [3.8, 4) is 0 Å². The normalized spacial score (nSPS) is 12.1. The molecule has 0 aliphatic heterocycles. The van der Waals surface area contributed by atoms with Gasteiger partial charge >= 0.3 is 12.0 Å². The van der Waals surface area contributed by atoms with E-state index >= 15 is 0 Å². The van der Waals surface area contributed by atoms with Crippen LogP contribution in [-0.4, -0.2) is 43.5 Å². The number of esters is 1. The number of carbonyl (C=O) groups excluding carboxylic acids is 4. The average Bonchev–Trinajstić information content (AvgIpc) is 2.62. The van der Waals surface area contributed by atoms with Crippen molar-refractivity contribution in [2.75, 3.05) is 13.7 Å². The second-order valence-corrected chi connectivity index (χ2v) is 7.76. The van der Waals surface area contributed by atoms with Crippen molar-refractivity contribution in [3.63, 3.8) is 0 Å². The number of rotatable bonds is 6.